The minimum absolute atomic E-state index is 0.358. The molecule has 0 radical (unpaired) electrons. The van der Waals surface area contributed by atoms with Gasteiger partial charge in [-0.15, -0.1) is 10.2 Å². The average Bonchev–Trinajstić information content (AvgIpc) is 3.29. The van der Waals surface area contributed by atoms with E-state index in [0.29, 0.717) is 17.7 Å². The van der Waals surface area contributed by atoms with Crippen LogP contribution in [0.15, 0.2) is 34.7 Å². The molecule has 0 fully saturated rings. The van der Waals surface area contributed by atoms with Crippen LogP contribution in [-0.4, -0.2) is 45.7 Å². The Morgan fingerprint density at radius 2 is 1.73 bits per heavy atom. The second-order valence-electron chi connectivity index (χ2n) is 8.52. The summed E-state index contributed by atoms with van der Waals surface area (Å²) >= 11 is 0. The largest absolute Gasteiger partial charge is 0.421 e. The summed E-state index contributed by atoms with van der Waals surface area (Å²) in [5, 5.41) is 9.69. The fourth-order valence-corrected chi connectivity index (χ4v) is 3.94. The minimum atomic E-state index is 0.358. The molecule has 6 heteroatoms. The number of H-pyrrole nitrogens is 1. The smallest absolute Gasteiger partial charge is 0.247 e. The van der Waals surface area contributed by atoms with Crippen LogP contribution in [0.4, 0.5) is 0 Å². The van der Waals surface area contributed by atoms with Gasteiger partial charge in [0.15, 0.2) is 0 Å². The van der Waals surface area contributed by atoms with E-state index < -0.39 is 0 Å². The van der Waals surface area contributed by atoms with Gasteiger partial charge in [-0.1, -0.05) is 13.8 Å². The molecule has 1 aromatic carbocycles. The number of likely N-dealkylation sites (N-methyl/N-ethyl adjacent to an activating group) is 1. The van der Waals surface area contributed by atoms with E-state index in [9.17, 15) is 0 Å². The molecule has 0 atom stereocenters. The molecule has 1 N–H and O–H groups in total. The van der Waals surface area contributed by atoms with Crippen LogP contribution in [0.25, 0.3) is 33.6 Å². The topological polar surface area (TPSA) is 70.8 Å². The van der Waals surface area contributed by atoms with Gasteiger partial charge in [0.2, 0.25) is 11.8 Å². The van der Waals surface area contributed by atoms with Crippen LogP contribution >= 0.6 is 0 Å². The Morgan fingerprint density at radius 1 is 1.00 bits per heavy atom. The van der Waals surface area contributed by atoms with Crippen LogP contribution in [0, 0.1) is 13.8 Å². The maximum atomic E-state index is 5.92. The quantitative estimate of drug-likeness (QED) is 0.483. The molecule has 0 aliphatic carbocycles. The molecule has 3 heterocycles. The fraction of sp³-hybridized carbons (Fsp3) is 0.375. The van der Waals surface area contributed by atoms with Crippen LogP contribution < -0.4 is 0 Å². The first-order chi connectivity index (χ1) is 14.3. The van der Waals surface area contributed by atoms with Crippen LogP contribution in [0.3, 0.4) is 0 Å². The zero-order valence-corrected chi connectivity index (χ0v) is 18.6. The van der Waals surface area contributed by atoms with E-state index in [4.69, 9.17) is 4.42 Å². The number of nitrogens with zero attached hydrogens (tertiary/aromatic N) is 4. The van der Waals surface area contributed by atoms with Crippen molar-refractivity contribution < 1.29 is 4.42 Å². The number of nitrogens with one attached hydrogen (secondary N) is 1. The summed E-state index contributed by atoms with van der Waals surface area (Å²) < 4.78 is 5.92. The summed E-state index contributed by atoms with van der Waals surface area (Å²) in [6.45, 7) is 9.41. The van der Waals surface area contributed by atoms with Gasteiger partial charge in [0.05, 0.1) is 5.69 Å². The number of aryl methyl sites for hydroxylation is 2. The maximum Gasteiger partial charge on any atom is 0.247 e. The van der Waals surface area contributed by atoms with Crippen LogP contribution in [-0.2, 0) is 6.42 Å². The van der Waals surface area contributed by atoms with E-state index >= 15 is 0 Å². The predicted molar refractivity (Wildman–Crippen MR) is 121 cm³/mol. The van der Waals surface area contributed by atoms with E-state index in [1.807, 2.05) is 34.0 Å². The van der Waals surface area contributed by atoms with E-state index in [1.54, 1.807) is 0 Å². The van der Waals surface area contributed by atoms with Crippen molar-refractivity contribution in [3.8, 4) is 22.7 Å². The molecule has 0 aliphatic heterocycles. The van der Waals surface area contributed by atoms with Crippen LogP contribution in [0.2, 0.25) is 0 Å². The van der Waals surface area contributed by atoms with Crippen molar-refractivity contribution in [1.29, 1.82) is 0 Å². The summed E-state index contributed by atoms with van der Waals surface area (Å²) in [6.07, 6.45) is 0.745. The maximum absolute atomic E-state index is 5.92. The lowest BCUT2D eigenvalue weighted by Gasteiger charge is -2.10. The van der Waals surface area contributed by atoms with Gasteiger partial charge >= 0.3 is 0 Å². The molecular weight excluding hydrogens is 374 g/mol. The average molecular weight is 404 g/mol. The molecule has 0 saturated carbocycles. The molecule has 0 spiro atoms. The minimum Gasteiger partial charge on any atom is -0.421 e. The molecule has 6 nitrogen and oxygen atoms in total. The molecule has 3 aromatic heterocycles. The SMILES string of the molecule is Cc1cc(-c2[nH]c3ccc(-c4nnc(CCN(C)C)o4)cc3c2C(C)C)cc(C)n1. The number of aromatic nitrogens is 4. The highest BCUT2D eigenvalue weighted by molar-refractivity contribution is 5.93. The zero-order valence-electron chi connectivity index (χ0n) is 18.6. The molecule has 0 unspecified atom stereocenters. The van der Waals surface area contributed by atoms with Crippen LogP contribution in [0.5, 0.6) is 0 Å². The Morgan fingerprint density at radius 3 is 2.40 bits per heavy atom. The van der Waals surface area contributed by atoms with Gasteiger partial charge < -0.3 is 14.3 Å². The van der Waals surface area contributed by atoms with Crippen molar-refractivity contribution in [3.05, 3.63) is 53.2 Å². The standard InChI is InChI=1S/C24H29N5O/c1-14(2)22-19-13-17(24-28-27-21(30-24)9-10-29(5)6)7-8-20(19)26-23(22)18-11-15(3)25-16(4)12-18/h7-8,11-14,26H,9-10H2,1-6H3. The number of rotatable bonds is 6. The van der Waals surface area contributed by atoms with Gasteiger partial charge in [0, 0.05) is 46.4 Å². The predicted octanol–water partition coefficient (Wildman–Crippen LogP) is 5.12. The lowest BCUT2D eigenvalue weighted by Crippen LogP contribution is -2.15. The van der Waals surface area contributed by atoms with E-state index in [-0.39, 0.29) is 0 Å². The Hall–Kier alpha value is -2.99. The van der Waals surface area contributed by atoms with Crippen LogP contribution in [0.1, 0.15) is 42.6 Å². The second-order valence-corrected chi connectivity index (χ2v) is 8.52. The summed E-state index contributed by atoms with van der Waals surface area (Å²) in [5.74, 6) is 1.59. The van der Waals surface area contributed by atoms with E-state index in [2.05, 4.69) is 63.2 Å². The normalized spacial score (nSPS) is 11.9. The number of benzene rings is 1. The van der Waals surface area contributed by atoms with Crippen molar-refractivity contribution in [2.24, 2.45) is 0 Å². The number of hydrogen-bond donors (Lipinski definition) is 1. The van der Waals surface area contributed by atoms with Gasteiger partial charge in [0.1, 0.15) is 0 Å². The van der Waals surface area contributed by atoms with Gasteiger partial charge in [0.25, 0.3) is 0 Å². The zero-order chi connectivity index (χ0) is 21.4. The second kappa shape index (κ2) is 8.03. The highest BCUT2D eigenvalue weighted by Gasteiger charge is 2.18. The molecule has 156 valence electrons. The Labute approximate surface area is 177 Å². The third kappa shape index (κ3) is 4.00. The van der Waals surface area contributed by atoms with Gasteiger partial charge in [-0.2, -0.15) is 0 Å². The molecule has 0 amide bonds. The summed E-state index contributed by atoms with van der Waals surface area (Å²) in [7, 11) is 4.07. The number of aromatic amines is 1. The van der Waals surface area contributed by atoms with Crippen molar-refractivity contribution >= 4 is 10.9 Å². The number of hydrogen-bond acceptors (Lipinski definition) is 5. The summed E-state index contributed by atoms with van der Waals surface area (Å²) in [5.41, 5.74) is 7.72. The lowest BCUT2D eigenvalue weighted by atomic mass is 9.95. The van der Waals surface area contributed by atoms with Crippen molar-refractivity contribution in [3.63, 3.8) is 0 Å². The molecule has 0 bridgehead atoms. The summed E-state index contributed by atoms with van der Waals surface area (Å²) in [4.78, 5) is 10.3. The first kappa shape index (κ1) is 20.3. The third-order valence-electron chi connectivity index (χ3n) is 5.27. The fourth-order valence-electron chi connectivity index (χ4n) is 3.94. The molecule has 0 saturated heterocycles. The first-order valence-electron chi connectivity index (χ1n) is 10.4. The summed E-state index contributed by atoms with van der Waals surface area (Å²) in [6, 6.07) is 10.6. The van der Waals surface area contributed by atoms with Crippen molar-refractivity contribution in [1.82, 2.24) is 25.1 Å². The molecular formula is C24H29N5O. The molecule has 30 heavy (non-hydrogen) atoms. The van der Waals surface area contributed by atoms with Crippen molar-refractivity contribution in [2.45, 2.75) is 40.0 Å². The van der Waals surface area contributed by atoms with Gasteiger partial charge in [-0.05, 0) is 69.8 Å². The Kier molecular flexibility index (Phi) is 5.43. The third-order valence-corrected chi connectivity index (χ3v) is 5.27. The monoisotopic (exact) mass is 403 g/mol. The Balaban J connectivity index is 1.78. The van der Waals surface area contributed by atoms with Gasteiger partial charge in [-0.3, -0.25) is 4.98 Å². The molecule has 4 rings (SSSR count). The Bertz CT molecular complexity index is 1170. The number of fused-ring (bicyclic) bond motifs is 1. The van der Waals surface area contributed by atoms with Crippen molar-refractivity contribution in [2.75, 3.05) is 20.6 Å². The molecule has 0 aliphatic rings. The highest BCUT2D eigenvalue weighted by Crippen LogP contribution is 2.37. The lowest BCUT2D eigenvalue weighted by molar-refractivity contribution is 0.386. The highest BCUT2D eigenvalue weighted by atomic mass is 16.4. The van der Waals surface area contributed by atoms with E-state index in [1.165, 1.54) is 16.5 Å². The first-order valence-corrected chi connectivity index (χ1v) is 10.4. The van der Waals surface area contributed by atoms with Gasteiger partial charge in [-0.25, -0.2) is 0 Å². The molecule has 4 aromatic rings. The van der Waals surface area contributed by atoms with E-state index in [0.717, 1.165) is 41.1 Å². The number of pyridine rings is 1.